The molecule has 0 bridgehead atoms. The van der Waals surface area contributed by atoms with Crippen LogP contribution < -0.4 is 0 Å². The van der Waals surface area contributed by atoms with Crippen molar-refractivity contribution in [3.63, 3.8) is 0 Å². The Morgan fingerprint density at radius 2 is 0.633 bits per heavy atom. The van der Waals surface area contributed by atoms with Crippen molar-refractivity contribution in [2.75, 3.05) is 0 Å². The van der Waals surface area contributed by atoms with Gasteiger partial charge in [-0.25, -0.2) is 0 Å². The van der Waals surface area contributed by atoms with Gasteiger partial charge in [-0.05, 0) is 33.4 Å². The van der Waals surface area contributed by atoms with Gasteiger partial charge in [0.25, 0.3) is 0 Å². The van der Waals surface area contributed by atoms with Gasteiger partial charge in [-0.2, -0.15) is 0 Å². The molecule has 4 aromatic carbocycles. The fraction of sp³-hybridized carbons (Fsp3) is 0.0345. The topological polar surface area (TPSA) is 0 Å². The van der Waals surface area contributed by atoms with Gasteiger partial charge < -0.3 is 0 Å². The number of allylic oxidation sites excluding steroid dienone is 2. The van der Waals surface area contributed by atoms with E-state index in [9.17, 15) is 0 Å². The van der Waals surface area contributed by atoms with Crippen LogP contribution >= 0.6 is 0 Å². The van der Waals surface area contributed by atoms with Crippen LogP contribution in [0.25, 0.3) is 22.1 Å². The van der Waals surface area contributed by atoms with Crippen molar-refractivity contribution in [3.05, 3.63) is 144 Å². The van der Waals surface area contributed by atoms with E-state index in [1.54, 1.807) is 0 Å². The Balaban J connectivity index is 1.86. The maximum atomic E-state index is 2.35. The number of rotatable bonds is 4. The van der Waals surface area contributed by atoms with Crippen LogP contribution in [-0.2, 0) is 0 Å². The van der Waals surface area contributed by atoms with Crippen LogP contribution in [0.2, 0.25) is 6.82 Å². The van der Waals surface area contributed by atoms with Gasteiger partial charge in [0.15, 0.2) is 0 Å². The second kappa shape index (κ2) is 8.04. The van der Waals surface area contributed by atoms with Crippen LogP contribution in [0.3, 0.4) is 0 Å². The normalized spacial score (nSPS) is 13.8. The molecule has 0 saturated carbocycles. The molecule has 4 aromatic rings. The SMILES string of the molecule is CB1C(c2ccccc2)=C(c2ccccc2)C(c2ccccc2)=C1c1ccccc1. The van der Waals surface area contributed by atoms with E-state index in [0.717, 1.165) is 0 Å². The Labute approximate surface area is 179 Å². The summed E-state index contributed by atoms with van der Waals surface area (Å²) in [5.74, 6) is 0. The van der Waals surface area contributed by atoms with Crippen molar-refractivity contribution in [2.45, 2.75) is 6.82 Å². The maximum absolute atomic E-state index is 2.35. The number of hydrogen-bond acceptors (Lipinski definition) is 0. The van der Waals surface area contributed by atoms with E-state index in [1.165, 1.54) is 44.3 Å². The summed E-state index contributed by atoms with van der Waals surface area (Å²) in [4.78, 5) is 0. The summed E-state index contributed by atoms with van der Waals surface area (Å²) >= 11 is 0. The maximum Gasteiger partial charge on any atom is 0.209 e. The highest BCUT2D eigenvalue weighted by Crippen LogP contribution is 2.50. The van der Waals surface area contributed by atoms with Crippen LogP contribution in [0.15, 0.2) is 121 Å². The van der Waals surface area contributed by atoms with E-state index in [0.29, 0.717) is 6.71 Å². The monoisotopic (exact) mass is 382 g/mol. The summed E-state index contributed by atoms with van der Waals surface area (Å²) in [7, 11) is 0. The average molecular weight is 382 g/mol. The van der Waals surface area contributed by atoms with Crippen LogP contribution in [-0.4, -0.2) is 6.71 Å². The molecule has 1 heterocycles. The summed E-state index contributed by atoms with van der Waals surface area (Å²) in [5, 5.41) is 0. The minimum Gasteiger partial charge on any atom is -0.0773 e. The standard InChI is InChI=1S/C29H23B/c1-30-28(24-18-10-4-11-19-24)26(22-14-6-2-7-15-22)27(23-16-8-3-9-17-23)29(30)25-20-12-5-13-21-25/h2-21H,1H3. The lowest BCUT2D eigenvalue weighted by molar-refractivity contribution is 1.58. The summed E-state index contributed by atoms with van der Waals surface area (Å²) < 4.78 is 0. The first-order chi connectivity index (χ1) is 14.8. The predicted molar refractivity (Wildman–Crippen MR) is 131 cm³/mol. The average Bonchev–Trinajstić information content (AvgIpc) is 3.14. The summed E-state index contributed by atoms with van der Waals surface area (Å²) in [5.41, 5.74) is 10.6. The molecule has 1 heteroatoms. The van der Waals surface area contributed by atoms with Crippen LogP contribution in [0, 0.1) is 0 Å². The third-order valence-corrected chi connectivity index (χ3v) is 5.95. The van der Waals surface area contributed by atoms with Gasteiger partial charge in [-0.15, -0.1) is 0 Å². The Hall–Kier alpha value is -3.58. The van der Waals surface area contributed by atoms with E-state index in [-0.39, 0.29) is 0 Å². The molecule has 1 aliphatic heterocycles. The van der Waals surface area contributed by atoms with Crippen molar-refractivity contribution >= 4 is 28.8 Å². The second-order valence-corrected chi connectivity index (χ2v) is 7.76. The second-order valence-electron chi connectivity index (χ2n) is 7.76. The zero-order chi connectivity index (χ0) is 20.3. The largest absolute Gasteiger partial charge is 0.209 e. The van der Waals surface area contributed by atoms with Gasteiger partial charge in [0.05, 0.1) is 0 Å². The smallest absolute Gasteiger partial charge is 0.0773 e. The molecular weight excluding hydrogens is 359 g/mol. The van der Waals surface area contributed by atoms with Crippen molar-refractivity contribution in [1.82, 2.24) is 0 Å². The highest BCUT2D eigenvalue weighted by atomic mass is 14.3. The lowest BCUT2D eigenvalue weighted by Crippen LogP contribution is -2.11. The number of benzene rings is 4. The summed E-state index contributed by atoms with van der Waals surface area (Å²) in [6.45, 7) is 2.64. The van der Waals surface area contributed by atoms with E-state index >= 15 is 0 Å². The van der Waals surface area contributed by atoms with Crippen molar-refractivity contribution in [2.24, 2.45) is 0 Å². The first-order valence-corrected chi connectivity index (χ1v) is 10.5. The quantitative estimate of drug-likeness (QED) is 0.322. The molecular formula is C29H23B. The van der Waals surface area contributed by atoms with Crippen molar-refractivity contribution in [1.29, 1.82) is 0 Å². The molecule has 1 aliphatic rings. The Morgan fingerprint density at radius 1 is 0.367 bits per heavy atom. The molecule has 0 N–H and O–H groups in total. The van der Waals surface area contributed by atoms with Gasteiger partial charge >= 0.3 is 0 Å². The first kappa shape index (κ1) is 18.5. The van der Waals surface area contributed by atoms with Gasteiger partial charge in [-0.1, -0.05) is 139 Å². The Morgan fingerprint density at radius 3 is 0.933 bits per heavy atom. The van der Waals surface area contributed by atoms with E-state index in [1.807, 2.05) is 0 Å². The molecule has 0 aliphatic carbocycles. The van der Waals surface area contributed by atoms with Crippen LogP contribution in [0.1, 0.15) is 22.3 Å². The van der Waals surface area contributed by atoms with Gasteiger partial charge in [0, 0.05) is 0 Å². The molecule has 0 saturated heterocycles. The van der Waals surface area contributed by atoms with Gasteiger partial charge in [0.1, 0.15) is 0 Å². The minimum absolute atomic E-state index is 0.292. The zero-order valence-corrected chi connectivity index (χ0v) is 17.1. The third kappa shape index (κ3) is 3.23. The molecule has 142 valence electrons. The fourth-order valence-corrected chi connectivity index (χ4v) is 4.68. The van der Waals surface area contributed by atoms with E-state index in [4.69, 9.17) is 0 Å². The van der Waals surface area contributed by atoms with Crippen LogP contribution in [0.5, 0.6) is 0 Å². The minimum atomic E-state index is 0.292. The first-order valence-electron chi connectivity index (χ1n) is 10.5. The molecule has 0 nitrogen and oxygen atoms in total. The summed E-state index contributed by atoms with van der Waals surface area (Å²) in [6, 6.07) is 43.4. The molecule has 0 radical (unpaired) electrons. The lowest BCUT2D eigenvalue weighted by Gasteiger charge is -2.15. The van der Waals surface area contributed by atoms with Crippen molar-refractivity contribution < 1.29 is 0 Å². The highest BCUT2D eigenvalue weighted by molar-refractivity contribution is 6.99. The Kier molecular flexibility index (Phi) is 4.95. The molecule has 30 heavy (non-hydrogen) atoms. The van der Waals surface area contributed by atoms with Gasteiger partial charge in [0.2, 0.25) is 6.71 Å². The Bertz CT molecular complexity index is 1110. The van der Waals surface area contributed by atoms with Crippen LogP contribution in [0.4, 0.5) is 0 Å². The molecule has 0 fully saturated rings. The third-order valence-electron chi connectivity index (χ3n) is 5.95. The van der Waals surface area contributed by atoms with Gasteiger partial charge in [-0.3, -0.25) is 0 Å². The molecule has 0 spiro atoms. The molecule has 0 aromatic heterocycles. The van der Waals surface area contributed by atoms with E-state index in [2.05, 4.69) is 128 Å². The highest BCUT2D eigenvalue weighted by Gasteiger charge is 2.35. The van der Waals surface area contributed by atoms with E-state index < -0.39 is 0 Å². The lowest BCUT2D eigenvalue weighted by atomic mass is 9.41. The fourth-order valence-electron chi connectivity index (χ4n) is 4.68. The molecule has 0 amide bonds. The molecule has 5 rings (SSSR count). The van der Waals surface area contributed by atoms with Crippen molar-refractivity contribution in [3.8, 4) is 0 Å². The zero-order valence-electron chi connectivity index (χ0n) is 17.1. The summed E-state index contributed by atoms with van der Waals surface area (Å²) in [6.07, 6.45) is 0. The molecule has 0 atom stereocenters. The predicted octanol–water partition coefficient (Wildman–Crippen LogP) is 7.43. The number of hydrogen-bond donors (Lipinski definition) is 0. The molecule has 0 unspecified atom stereocenters.